The van der Waals surface area contributed by atoms with Crippen LogP contribution in [0.1, 0.15) is 37.2 Å². The summed E-state index contributed by atoms with van der Waals surface area (Å²) >= 11 is 0. The number of sulfone groups is 1. The maximum absolute atomic E-state index is 14.1. The number of halogens is 1. The van der Waals surface area contributed by atoms with Gasteiger partial charge in [0.1, 0.15) is 10.7 Å². The first-order valence-electron chi connectivity index (χ1n) is 7.42. The number of aromatic nitrogens is 1. The van der Waals surface area contributed by atoms with Gasteiger partial charge in [0.25, 0.3) is 0 Å². The molecule has 1 aromatic carbocycles. The highest BCUT2D eigenvalue weighted by Gasteiger charge is 2.22. The van der Waals surface area contributed by atoms with Gasteiger partial charge in [-0.25, -0.2) is 12.8 Å². The molecule has 0 aliphatic heterocycles. The summed E-state index contributed by atoms with van der Waals surface area (Å²) in [5.41, 5.74) is 2.52. The lowest BCUT2D eigenvalue weighted by molar-refractivity contribution is 0.571. The number of nitrogens with zero attached hydrogens (tertiary/aromatic N) is 1. The Hall–Kier alpha value is -1.75. The Morgan fingerprint density at radius 1 is 1.18 bits per heavy atom. The maximum atomic E-state index is 14.1. The molecule has 22 heavy (non-hydrogen) atoms. The van der Waals surface area contributed by atoms with Crippen LogP contribution in [0, 0.1) is 5.82 Å². The Labute approximate surface area is 130 Å². The van der Waals surface area contributed by atoms with Crippen molar-refractivity contribution < 1.29 is 12.8 Å². The second-order valence-electron chi connectivity index (χ2n) is 5.84. The van der Waals surface area contributed by atoms with Gasteiger partial charge in [0, 0.05) is 18.0 Å². The Morgan fingerprint density at radius 3 is 2.55 bits per heavy atom. The third-order valence-electron chi connectivity index (χ3n) is 4.24. The zero-order chi connectivity index (χ0) is 15.7. The first-order valence-corrected chi connectivity index (χ1v) is 9.31. The van der Waals surface area contributed by atoms with Crippen molar-refractivity contribution in [1.82, 2.24) is 4.98 Å². The summed E-state index contributed by atoms with van der Waals surface area (Å²) in [7, 11) is -3.55. The van der Waals surface area contributed by atoms with Crippen molar-refractivity contribution in [2.24, 2.45) is 0 Å². The molecule has 2 aromatic rings. The van der Waals surface area contributed by atoms with Crippen LogP contribution in [0.25, 0.3) is 11.3 Å². The van der Waals surface area contributed by atoms with Crippen LogP contribution < -0.4 is 0 Å². The van der Waals surface area contributed by atoms with Crippen molar-refractivity contribution in [2.75, 3.05) is 6.26 Å². The van der Waals surface area contributed by atoms with E-state index in [9.17, 15) is 12.8 Å². The molecule has 1 saturated carbocycles. The summed E-state index contributed by atoms with van der Waals surface area (Å²) in [5.74, 6) is -0.260. The van der Waals surface area contributed by atoms with E-state index in [4.69, 9.17) is 0 Å². The van der Waals surface area contributed by atoms with Crippen LogP contribution in [0.3, 0.4) is 0 Å². The molecule has 0 amide bonds. The smallest absolute Gasteiger partial charge is 0.178 e. The van der Waals surface area contributed by atoms with E-state index in [1.807, 2.05) is 12.1 Å². The van der Waals surface area contributed by atoms with Crippen molar-refractivity contribution >= 4 is 9.84 Å². The minimum absolute atomic E-state index is 0.269. The molecule has 0 N–H and O–H groups in total. The van der Waals surface area contributed by atoms with E-state index in [0.717, 1.165) is 30.4 Å². The fourth-order valence-electron chi connectivity index (χ4n) is 3.17. The number of rotatable bonds is 3. The molecule has 0 unspecified atom stereocenters. The largest absolute Gasteiger partial charge is 0.256 e. The molecule has 116 valence electrons. The van der Waals surface area contributed by atoms with Crippen LogP contribution in [0.2, 0.25) is 0 Å². The first-order chi connectivity index (χ1) is 10.5. The zero-order valence-corrected chi connectivity index (χ0v) is 13.2. The predicted octanol–water partition coefficient (Wildman–Crippen LogP) is 3.95. The molecule has 3 rings (SSSR count). The van der Waals surface area contributed by atoms with Crippen LogP contribution in [-0.2, 0) is 9.84 Å². The van der Waals surface area contributed by atoms with Crippen molar-refractivity contribution in [3.63, 3.8) is 0 Å². The minimum Gasteiger partial charge on any atom is -0.256 e. The highest BCUT2D eigenvalue weighted by Crippen LogP contribution is 2.38. The van der Waals surface area contributed by atoms with Gasteiger partial charge in [0.2, 0.25) is 0 Å². The number of hydrogen-bond donors (Lipinski definition) is 0. The normalized spacial score (nSPS) is 16.1. The fraction of sp³-hybridized carbons (Fsp3) is 0.353. The van der Waals surface area contributed by atoms with E-state index in [1.165, 1.54) is 25.0 Å². The molecule has 0 radical (unpaired) electrons. The SMILES string of the molecule is CS(=O)(=O)c1ccc(-c2ncccc2C2CCCC2)cc1F. The van der Waals surface area contributed by atoms with Crippen LogP contribution in [-0.4, -0.2) is 19.7 Å². The Balaban J connectivity index is 2.07. The van der Waals surface area contributed by atoms with Gasteiger partial charge in [-0.3, -0.25) is 4.98 Å². The molecule has 0 spiro atoms. The molecule has 0 atom stereocenters. The van der Waals surface area contributed by atoms with Gasteiger partial charge in [-0.05, 0) is 42.5 Å². The maximum Gasteiger partial charge on any atom is 0.178 e. The Bertz CT molecular complexity index is 796. The molecule has 5 heteroatoms. The molecule has 0 bridgehead atoms. The monoisotopic (exact) mass is 319 g/mol. The third-order valence-corrected chi connectivity index (χ3v) is 5.37. The average molecular weight is 319 g/mol. The average Bonchev–Trinajstić information content (AvgIpc) is 3.00. The van der Waals surface area contributed by atoms with E-state index in [0.29, 0.717) is 11.5 Å². The number of pyridine rings is 1. The Morgan fingerprint density at radius 2 is 1.91 bits per heavy atom. The second-order valence-corrected chi connectivity index (χ2v) is 7.82. The van der Waals surface area contributed by atoms with Crippen LogP contribution in [0.4, 0.5) is 4.39 Å². The third kappa shape index (κ3) is 2.90. The predicted molar refractivity (Wildman–Crippen MR) is 83.9 cm³/mol. The fourth-order valence-corrected chi connectivity index (χ4v) is 3.90. The van der Waals surface area contributed by atoms with Crippen LogP contribution >= 0.6 is 0 Å². The lowest BCUT2D eigenvalue weighted by Gasteiger charge is -2.14. The molecule has 1 heterocycles. The lowest BCUT2D eigenvalue weighted by Crippen LogP contribution is -2.02. The summed E-state index contributed by atoms with van der Waals surface area (Å²) in [6, 6.07) is 8.18. The molecule has 3 nitrogen and oxygen atoms in total. The van der Waals surface area contributed by atoms with Gasteiger partial charge in [0.05, 0.1) is 5.69 Å². The summed E-state index contributed by atoms with van der Waals surface area (Å²) in [6.07, 6.45) is 7.37. The number of benzene rings is 1. The standard InChI is InChI=1S/C17H18FNO2S/c1-22(20,21)16-9-8-13(11-15(16)18)17-14(7-4-10-19-17)12-5-2-3-6-12/h4,7-12H,2-3,5-6H2,1H3. The van der Waals surface area contributed by atoms with Crippen LogP contribution in [0.5, 0.6) is 0 Å². The van der Waals surface area contributed by atoms with E-state index in [2.05, 4.69) is 4.98 Å². The number of hydrogen-bond acceptors (Lipinski definition) is 3. The van der Waals surface area contributed by atoms with Gasteiger partial charge in [-0.1, -0.05) is 25.0 Å². The summed E-state index contributed by atoms with van der Waals surface area (Å²) in [6.45, 7) is 0. The quantitative estimate of drug-likeness (QED) is 0.860. The molecule has 0 saturated heterocycles. The van der Waals surface area contributed by atoms with Crippen molar-refractivity contribution in [2.45, 2.75) is 36.5 Å². The minimum atomic E-state index is -3.55. The lowest BCUT2D eigenvalue weighted by atomic mass is 9.93. The van der Waals surface area contributed by atoms with Gasteiger partial charge < -0.3 is 0 Å². The molecule has 1 aliphatic carbocycles. The summed E-state index contributed by atoms with van der Waals surface area (Å²) in [4.78, 5) is 4.14. The van der Waals surface area contributed by atoms with E-state index in [-0.39, 0.29) is 4.90 Å². The molecular weight excluding hydrogens is 301 g/mol. The van der Waals surface area contributed by atoms with Crippen molar-refractivity contribution in [1.29, 1.82) is 0 Å². The zero-order valence-electron chi connectivity index (χ0n) is 12.4. The van der Waals surface area contributed by atoms with E-state index in [1.54, 1.807) is 12.3 Å². The van der Waals surface area contributed by atoms with Gasteiger partial charge in [0.15, 0.2) is 9.84 Å². The van der Waals surface area contributed by atoms with Crippen molar-refractivity contribution in [3.8, 4) is 11.3 Å². The van der Waals surface area contributed by atoms with Gasteiger partial charge in [-0.2, -0.15) is 0 Å². The Kier molecular flexibility index (Phi) is 4.00. The highest BCUT2D eigenvalue weighted by atomic mass is 32.2. The second kappa shape index (κ2) is 5.80. The van der Waals surface area contributed by atoms with E-state index >= 15 is 0 Å². The first kappa shape index (κ1) is 15.2. The molecular formula is C17H18FNO2S. The van der Waals surface area contributed by atoms with Crippen LogP contribution in [0.15, 0.2) is 41.4 Å². The molecule has 1 fully saturated rings. The molecule has 1 aliphatic rings. The van der Waals surface area contributed by atoms with E-state index < -0.39 is 15.7 Å². The topological polar surface area (TPSA) is 47.0 Å². The van der Waals surface area contributed by atoms with Gasteiger partial charge in [-0.15, -0.1) is 0 Å². The summed E-state index contributed by atoms with van der Waals surface area (Å²) < 4.78 is 37.2. The van der Waals surface area contributed by atoms with Crippen molar-refractivity contribution in [3.05, 3.63) is 47.9 Å². The van der Waals surface area contributed by atoms with Gasteiger partial charge >= 0.3 is 0 Å². The molecule has 1 aromatic heterocycles. The summed E-state index contributed by atoms with van der Waals surface area (Å²) in [5, 5.41) is 0. The highest BCUT2D eigenvalue weighted by molar-refractivity contribution is 7.90.